The summed E-state index contributed by atoms with van der Waals surface area (Å²) in [6, 6.07) is 14.9. The Kier molecular flexibility index (Phi) is 8.10. The van der Waals surface area contributed by atoms with Crippen LogP contribution >= 0.6 is 23.4 Å². The molecule has 0 aromatic heterocycles. The van der Waals surface area contributed by atoms with Gasteiger partial charge in [0.25, 0.3) is 16.8 Å². The molecule has 1 heterocycles. The van der Waals surface area contributed by atoms with Crippen molar-refractivity contribution in [2.75, 3.05) is 6.61 Å². The van der Waals surface area contributed by atoms with Gasteiger partial charge in [0.05, 0.1) is 28.0 Å². The third-order valence-corrected chi connectivity index (χ3v) is 6.45. The van der Waals surface area contributed by atoms with Gasteiger partial charge in [0, 0.05) is 12.1 Å². The van der Waals surface area contributed by atoms with Crippen LogP contribution in [0.25, 0.3) is 6.08 Å². The third kappa shape index (κ3) is 6.28. The van der Waals surface area contributed by atoms with Crippen molar-refractivity contribution >= 4 is 46.3 Å². The molecular weight excluding hydrogens is 523 g/mol. The molecule has 1 aliphatic heterocycles. The summed E-state index contributed by atoms with van der Waals surface area (Å²) in [6.07, 6.45) is 1.52. The number of hydrogen-bond acceptors (Lipinski definition) is 7. The highest BCUT2D eigenvalue weighted by Gasteiger charge is 2.35. The topological polar surface area (TPSA) is 99.0 Å². The summed E-state index contributed by atoms with van der Waals surface area (Å²) in [6.45, 7) is 2.16. The van der Waals surface area contributed by atoms with E-state index in [1.165, 1.54) is 36.4 Å². The molecule has 190 valence electrons. The number of nitrogens with zero attached hydrogens (tertiary/aromatic N) is 2. The van der Waals surface area contributed by atoms with Gasteiger partial charge in [-0.05, 0) is 65.7 Å². The molecule has 8 nitrogen and oxygen atoms in total. The van der Waals surface area contributed by atoms with E-state index in [2.05, 4.69) is 0 Å². The molecule has 0 unspecified atom stereocenters. The van der Waals surface area contributed by atoms with E-state index in [9.17, 15) is 24.1 Å². The second-order valence-corrected chi connectivity index (χ2v) is 9.27. The van der Waals surface area contributed by atoms with Gasteiger partial charge in [0.2, 0.25) is 0 Å². The fraction of sp³-hybridized carbons (Fsp3) is 0.154. The van der Waals surface area contributed by atoms with Crippen LogP contribution in [0.2, 0.25) is 5.02 Å². The molecule has 0 radical (unpaired) electrons. The minimum atomic E-state index is -0.538. The Bertz CT molecular complexity index is 1400. The SMILES string of the molecule is CCOc1cc(/C=C2/SC(=O)N(Cc3cccc([N+](=O)[O-])c3)C2=O)cc(Cl)c1OCc1ccc(F)cc1. The first-order valence-electron chi connectivity index (χ1n) is 11.1. The van der Waals surface area contributed by atoms with Crippen LogP contribution in [0.1, 0.15) is 23.6 Å². The lowest BCUT2D eigenvalue weighted by atomic mass is 10.1. The van der Waals surface area contributed by atoms with E-state index in [1.807, 2.05) is 0 Å². The predicted molar refractivity (Wildman–Crippen MR) is 138 cm³/mol. The van der Waals surface area contributed by atoms with Crippen molar-refractivity contribution in [3.63, 3.8) is 0 Å². The molecule has 0 aliphatic carbocycles. The van der Waals surface area contributed by atoms with Crippen molar-refractivity contribution in [2.24, 2.45) is 0 Å². The van der Waals surface area contributed by atoms with Crippen molar-refractivity contribution in [2.45, 2.75) is 20.1 Å². The molecular formula is C26H20ClFN2O6S. The van der Waals surface area contributed by atoms with Crippen LogP contribution in [0.15, 0.2) is 65.6 Å². The van der Waals surface area contributed by atoms with Gasteiger partial charge < -0.3 is 9.47 Å². The second-order valence-electron chi connectivity index (χ2n) is 7.87. The van der Waals surface area contributed by atoms with Crippen molar-refractivity contribution in [1.82, 2.24) is 4.90 Å². The minimum Gasteiger partial charge on any atom is -0.490 e. The van der Waals surface area contributed by atoms with E-state index in [4.69, 9.17) is 21.1 Å². The Morgan fingerprint density at radius 1 is 1.08 bits per heavy atom. The van der Waals surface area contributed by atoms with E-state index in [0.29, 0.717) is 29.2 Å². The van der Waals surface area contributed by atoms with E-state index < -0.39 is 16.1 Å². The Morgan fingerprint density at radius 3 is 2.54 bits per heavy atom. The highest BCUT2D eigenvalue weighted by Crippen LogP contribution is 2.40. The van der Waals surface area contributed by atoms with Gasteiger partial charge >= 0.3 is 0 Å². The molecule has 0 bridgehead atoms. The van der Waals surface area contributed by atoms with Gasteiger partial charge in [0.15, 0.2) is 11.5 Å². The summed E-state index contributed by atoms with van der Waals surface area (Å²) >= 11 is 7.23. The van der Waals surface area contributed by atoms with Crippen LogP contribution in [-0.4, -0.2) is 27.6 Å². The van der Waals surface area contributed by atoms with Crippen LogP contribution in [-0.2, 0) is 17.9 Å². The number of amides is 2. The first-order chi connectivity index (χ1) is 17.7. The lowest BCUT2D eigenvalue weighted by molar-refractivity contribution is -0.384. The van der Waals surface area contributed by atoms with Crippen LogP contribution in [0, 0.1) is 15.9 Å². The van der Waals surface area contributed by atoms with Crippen LogP contribution in [0.5, 0.6) is 11.5 Å². The normalized spacial score (nSPS) is 14.4. The Balaban J connectivity index is 1.54. The van der Waals surface area contributed by atoms with Crippen molar-refractivity contribution in [3.8, 4) is 11.5 Å². The highest BCUT2D eigenvalue weighted by molar-refractivity contribution is 8.18. The van der Waals surface area contributed by atoms with Crippen LogP contribution in [0.3, 0.4) is 0 Å². The van der Waals surface area contributed by atoms with E-state index >= 15 is 0 Å². The lowest BCUT2D eigenvalue weighted by Crippen LogP contribution is -2.27. The summed E-state index contributed by atoms with van der Waals surface area (Å²) in [7, 11) is 0. The van der Waals surface area contributed by atoms with Crippen molar-refractivity contribution in [1.29, 1.82) is 0 Å². The number of non-ortho nitro benzene ring substituents is 1. The highest BCUT2D eigenvalue weighted by atomic mass is 35.5. The molecule has 3 aromatic carbocycles. The van der Waals surface area contributed by atoms with Crippen molar-refractivity contribution in [3.05, 3.63) is 103 Å². The number of rotatable bonds is 9. The Hall–Kier alpha value is -3.89. The number of hydrogen-bond donors (Lipinski definition) is 0. The van der Waals surface area contributed by atoms with Gasteiger partial charge in [-0.25, -0.2) is 4.39 Å². The second kappa shape index (κ2) is 11.4. The fourth-order valence-electron chi connectivity index (χ4n) is 3.55. The maximum atomic E-state index is 13.2. The standard InChI is InChI=1S/C26H20ClFN2O6S/c1-2-35-22-12-18(11-21(27)24(22)36-15-16-6-8-19(28)9-7-16)13-23-25(31)29(26(32)37-23)14-17-4-3-5-20(10-17)30(33)34/h3-13H,2,14-15H2,1H3/b23-13+. The molecule has 1 aliphatic rings. The van der Waals surface area contributed by atoms with E-state index in [-0.39, 0.29) is 34.6 Å². The zero-order chi connectivity index (χ0) is 26.5. The summed E-state index contributed by atoms with van der Waals surface area (Å²) < 4.78 is 24.7. The number of benzene rings is 3. The van der Waals surface area contributed by atoms with Crippen LogP contribution in [0.4, 0.5) is 14.9 Å². The number of carbonyl (C=O) groups excluding carboxylic acids is 2. The number of thioether (sulfide) groups is 1. The van der Waals surface area contributed by atoms with Gasteiger partial charge in [-0.3, -0.25) is 24.6 Å². The van der Waals surface area contributed by atoms with Gasteiger partial charge in [-0.1, -0.05) is 35.9 Å². The number of carbonyl (C=O) groups is 2. The van der Waals surface area contributed by atoms with Gasteiger partial charge in [0.1, 0.15) is 12.4 Å². The predicted octanol–water partition coefficient (Wildman–Crippen LogP) is 6.60. The molecule has 2 amide bonds. The molecule has 3 aromatic rings. The maximum absolute atomic E-state index is 13.2. The molecule has 0 saturated carbocycles. The smallest absolute Gasteiger partial charge is 0.293 e. The number of halogens is 2. The fourth-order valence-corrected chi connectivity index (χ4v) is 4.66. The molecule has 0 spiro atoms. The number of nitro groups is 1. The quantitative estimate of drug-likeness (QED) is 0.170. The number of nitro benzene ring substituents is 1. The summed E-state index contributed by atoms with van der Waals surface area (Å²) in [5.74, 6) is -0.231. The average molecular weight is 543 g/mol. The Morgan fingerprint density at radius 2 is 1.84 bits per heavy atom. The van der Waals surface area contributed by atoms with Crippen molar-refractivity contribution < 1.29 is 28.4 Å². The Labute approximate surface area is 220 Å². The molecule has 0 atom stereocenters. The first-order valence-corrected chi connectivity index (χ1v) is 12.3. The van der Waals surface area contributed by atoms with E-state index in [1.54, 1.807) is 37.3 Å². The molecule has 4 rings (SSSR count). The molecule has 37 heavy (non-hydrogen) atoms. The summed E-state index contributed by atoms with van der Waals surface area (Å²) in [5.41, 5.74) is 1.59. The zero-order valence-electron chi connectivity index (χ0n) is 19.5. The third-order valence-electron chi connectivity index (χ3n) is 5.26. The summed E-state index contributed by atoms with van der Waals surface area (Å²) in [4.78, 5) is 37.2. The molecule has 11 heteroatoms. The number of ether oxygens (including phenoxy) is 2. The first kappa shape index (κ1) is 26.2. The summed E-state index contributed by atoms with van der Waals surface area (Å²) in [5, 5.41) is 10.8. The monoisotopic (exact) mass is 542 g/mol. The maximum Gasteiger partial charge on any atom is 0.293 e. The zero-order valence-corrected chi connectivity index (χ0v) is 21.1. The van der Waals surface area contributed by atoms with Gasteiger partial charge in [-0.2, -0.15) is 0 Å². The molecule has 1 saturated heterocycles. The van der Waals surface area contributed by atoms with Gasteiger partial charge in [-0.15, -0.1) is 0 Å². The lowest BCUT2D eigenvalue weighted by Gasteiger charge is -2.15. The molecule has 0 N–H and O–H groups in total. The average Bonchev–Trinajstić information content (AvgIpc) is 3.12. The largest absolute Gasteiger partial charge is 0.490 e. The number of imide groups is 1. The van der Waals surface area contributed by atoms with Crippen LogP contribution < -0.4 is 9.47 Å². The molecule has 1 fully saturated rings. The minimum absolute atomic E-state index is 0.0925. The van der Waals surface area contributed by atoms with E-state index in [0.717, 1.165) is 22.2 Å².